The highest BCUT2D eigenvalue weighted by molar-refractivity contribution is 5.90. The number of ether oxygens (including phenoxy) is 11. The second-order valence-electron chi connectivity index (χ2n) is 15.8. The summed E-state index contributed by atoms with van der Waals surface area (Å²) in [6, 6.07) is 4.89. The van der Waals surface area contributed by atoms with Gasteiger partial charge in [-0.05, 0) is 19.1 Å². The number of rotatable bonds is 17. The van der Waals surface area contributed by atoms with Crippen LogP contribution in [0.15, 0.2) is 30.0 Å². The number of fused-ring (bicyclic) bond motifs is 1. The third-order valence-electron chi connectivity index (χ3n) is 11.0. The summed E-state index contributed by atoms with van der Waals surface area (Å²) in [5.41, 5.74) is 0.137. The molecular weight excluding hydrogens is 924 g/mol. The van der Waals surface area contributed by atoms with Gasteiger partial charge in [-0.2, -0.15) is 0 Å². The fourth-order valence-electron chi connectivity index (χ4n) is 7.50. The number of aliphatic carboxylic acids is 2. The molecule has 3 fully saturated rings. The summed E-state index contributed by atoms with van der Waals surface area (Å²) in [6.07, 6.45) is -29.0. The van der Waals surface area contributed by atoms with E-state index in [9.17, 15) is 70.2 Å². The first-order valence-electron chi connectivity index (χ1n) is 20.5. The average molecular weight is 976 g/mol. The Bertz CT molecular complexity index is 2160. The van der Waals surface area contributed by atoms with Gasteiger partial charge in [0.15, 0.2) is 29.7 Å². The number of carboxylic acid groups (broad SMARTS) is 2. The number of carbonyl (C=O) groups is 4. The van der Waals surface area contributed by atoms with Crippen LogP contribution >= 0.6 is 0 Å². The van der Waals surface area contributed by atoms with Gasteiger partial charge in [-0.3, -0.25) is 19.2 Å². The largest absolute Gasteiger partial charge is 0.571 e. The first-order chi connectivity index (χ1) is 32.1. The maximum atomic E-state index is 12.0. The number of carbonyl (C=O) groups excluding carboxylic acids is 2. The van der Waals surface area contributed by atoms with Crippen molar-refractivity contribution in [3.8, 4) is 34.5 Å². The molecule has 2 aromatic rings. The number of aliphatic hydroxyl groups is 9. The first kappa shape index (κ1) is 51.6. The number of phenols is 2. The molecule has 27 heteroatoms. The zero-order valence-corrected chi connectivity index (χ0v) is 36.0. The van der Waals surface area contributed by atoms with Crippen molar-refractivity contribution in [2.45, 2.75) is 118 Å². The SMILES string of the molecule is COc1cc(C2[OH+]c3cc(O)cc(OC4OC(COC(=O)CC(=O)O)C(O)C(O)C4O)c3C=C2OC2OC(COC3OC(C)C(OC(=O)CC(=O)O)C(O)C3O)C(O)C(O)C2O)cc(OC)c1O. The van der Waals surface area contributed by atoms with E-state index in [1.54, 1.807) is 0 Å². The van der Waals surface area contributed by atoms with Crippen molar-refractivity contribution < 1.29 is 133 Å². The molecule has 376 valence electrons. The average Bonchev–Trinajstić information content (AvgIpc) is 3.28. The Hall–Kier alpha value is -5.82. The predicted molar refractivity (Wildman–Crippen MR) is 214 cm³/mol. The molecule has 27 nitrogen and oxygen atoms in total. The highest BCUT2D eigenvalue weighted by Crippen LogP contribution is 2.49. The molecule has 0 amide bonds. The van der Waals surface area contributed by atoms with Gasteiger partial charge in [-0.15, -0.1) is 0 Å². The number of aromatic hydroxyl groups is 3. The molecule has 16 atom stereocenters. The third-order valence-corrected chi connectivity index (χ3v) is 11.0. The van der Waals surface area contributed by atoms with E-state index < -0.39 is 160 Å². The maximum absolute atomic E-state index is 12.0. The summed E-state index contributed by atoms with van der Waals surface area (Å²) in [6.45, 7) is -0.184. The van der Waals surface area contributed by atoms with Crippen molar-refractivity contribution in [2.75, 3.05) is 27.4 Å². The lowest BCUT2D eigenvalue weighted by Gasteiger charge is -2.43. The molecule has 0 spiro atoms. The quantitative estimate of drug-likeness (QED) is 0.0413. The Morgan fingerprint density at radius 1 is 0.632 bits per heavy atom. The van der Waals surface area contributed by atoms with Gasteiger partial charge in [0.1, 0.15) is 97.6 Å². The Kier molecular flexibility index (Phi) is 16.4. The standard InChI is InChI=1S/C41H50O27/c1-13-37(68-27(48)10-25(45)46)33(54)36(57)39(62-13)61-12-23-30(51)32(53)35(56)41(67-23)65-21-8-16-17(63-38(21)14-4-19(58-2)28(49)20(5-14)59-3)6-15(42)7-18(16)64-40-34(55)31(52)29(50)22(66-40)11-60-26(47)9-24(43)44/h4-8,13,22-23,29-42,49-57H,9-12H2,1-3H3,(H,43,44)(H,45,46)/p+1. The van der Waals surface area contributed by atoms with Crippen LogP contribution in [0.3, 0.4) is 0 Å². The number of benzene rings is 2. The van der Waals surface area contributed by atoms with Crippen LogP contribution in [0.1, 0.15) is 37.0 Å². The van der Waals surface area contributed by atoms with Crippen LogP contribution < -0.4 is 14.2 Å². The topological polar surface area (TPSA) is 416 Å². The van der Waals surface area contributed by atoms with Crippen molar-refractivity contribution in [2.24, 2.45) is 0 Å². The second kappa shape index (κ2) is 21.6. The molecule has 16 unspecified atom stereocenters. The molecule has 6 rings (SSSR count). The molecule has 0 saturated carbocycles. The van der Waals surface area contributed by atoms with Gasteiger partial charge in [0, 0.05) is 12.1 Å². The number of esters is 2. The first-order valence-corrected chi connectivity index (χ1v) is 20.5. The Labute approximate surface area is 383 Å². The van der Waals surface area contributed by atoms with E-state index in [0.29, 0.717) is 0 Å². The molecular formula is C41H51O27+. The zero-order chi connectivity index (χ0) is 49.9. The number of methoxy groups -OCH3 is 2. The van der Waals surface area contributed by atoms with E-state index in [2.05, 4.69) is 0 Å². The van der Waals surface area contributed by atoms with Gasteiger partial charge >= 0.3 is 23.9 Å². The molecule has 13 N–H and O–H groups in total. The Balaban J connectivity index is 1.29. The van der Waals surface area contributed by atoms with Crippen molar-refractivity contribution in [1.29, 1.82) is 0 Å². The number of hydrogen-bond donors (Lipinski definition) is 12. The van der Waals surface area contributed by atoms with Crippen molar-refractivity contribution in [3.05, 3.63) is 41.2 Å². The minimum atomic E-state index is -2.02. The molecule has 0 bridgehead atoms. The molecule has 0 aromatic heterocycles. The van der Waals surface area contributed by atoms with Crippen LogP contribution in [0.2, 0.25) is 0 Å². The van der Waals surface area contributed by atoms with E-state index in [-0.39, 0.29) is 39.9 Å². The fourth-order valence-corrected chi connectivity index (χ4v) is 7.50. The minimum Gasteiger partial charge on any atom is -0.571 e. The predicted octanol–water partition coefficient (Wildman–Crippen LogP) is -3.65. The van der Waals surface area contributed by atoms with Crippen LogP contribution in [0.4, 0.5) is 0 Å². The summed E-state index contributed by atoms with van der Waals surface area (Å²) < 4.78 is 60.0. The normalized spacial score (nSPS) is 33.4. The van der Waals surface area contributed by atoms with Crippen LogP contribution in [0.25, 0.3) is 6.08 Å². The molecule has 0 radical (unpaired) electrons. The molecule has 3 saturated heterocycles. The van der Waals surface area contributed by atoms with E-state index >= 15 is 0 Å². The van der Waals surface area contributed by atoms with Gasteiger partial charge < -0.3 is 113 Å². The van der Waals surface area contributed by atoms with Crippen LogP contribution in [0.5, 0.6) is 34.5 Å². The Morgan fingerprint density at radius 3 is 1.75 bits per heavy atom. The van der Waals surface area contributed by atoms with E-state index in [0.717, 1.165) is 6.07 Å². The monoisotopic (exact) mass is 975 g/mol. The molecule has 4 aliphatic rings. The zero-order valence-electron chi connectivity index (χ0n) is 36.0. The number of hydrogen-bond acceptors (Lipinski definition) is 24. The molecule has 0 aliphatic carbocycles. The second-order valence-corrected chi connectivity index (χ2v) is 15.8. The van der Waals surface area contributed by atoms with Gasteiger partial charge in [-0.1, -0.05) is 0 Å². The molecule has 2 aromatic carbocycles. The highest BCUT2D eigenvalue weighted by Gasteiger charge is 2.50. The third kappa shape index (κ3) is 11.4. The van der Waals surface area contributed by atoms with Crippen molar-refractivity contribution in [1.82, 2.24) is 0 Å². The summed E-state index contributed by atoms with van der Waals surface area (Å²) >= 11 is 0. The van der Waals surface area contributed by atoms with E-state index in [1.165, 1.54) is 45.4 Å². The number of phenolic OH excluding ortho intramolecular Hbond substituents is 2. The number of aliphatic hydroxyl groups excluding tert-OH is 8. The lowest BCUT2D eigenvalue weighted by molar-refractivity contribution is -0.325. The molecule has 4 aliphatic heterocycles. The van der Waals surface area contributed by atoms with Gasteiger partial charge in [0.25, 0.3) is 11.9 Å². The maximum Gasteiger partial charge on any atom is 0.317 e. The summed E-state index contributed by atoms with van der Waals surface area (Å²) in [5, 5.41) is 126. The van der Waals surface area contributed by atoms with E-state index in [1.807, 2.05) is 0 Å². The molecule has 4 heterocycles. The van der Waals surface area contributed by atoms with Gasteiger partial charge in [0.2, 0.25) is 18.3 Å². The lowest BCUT2D eigenvalue weighted by Crippen LogP contribution is -2.61. The van der Waals surface area contributed by atoms with Crippen LogP contribution in [0, 0.1) is 0 Å². The van der Waals surface area contributed by atoms with Gasteiger partial charge in [0.05, 0.1) is 38.6 Å². The summed E-state index contributed by atoms with van der Waals surface area (Å²) in [4.78, 5) is 45.7. The van der Waals surface area contributed by atoms with Crippen molar-refractivity contribution in [3.63, 3.8) is 0 Å². The summed E-state index contributed by atoms with van der Waals surface area (Å²) in [5.74, 6) is -7.14. The van der Waals surface area contributed by atoms with Crippen molar-refractivity contribution >= 4 is 30.0 Å². The molecule has 68 heavy (non-hydrogen) atoms. The van der Waals surface area contributed by atoms with Gasteiger partial charge in [-0.25, -0.2) is 0 Å². The van der Waals surface area contributed by atoms with Crippen LogP contribution in [-0.2, 0) is 52.3 Å². The smallest absolute Gasteiger partial charge is 0.317 e. The number of carboxylic acids is 2. The van der Waals surface area contributed by atoms with Crippen LogP contribution in [-0.4, -0.2) is 209 Å². The van der Waals surface area contributed by atoms with E-state index in [4.69, 9.17) is 62.3 Å². The summed E-state index contributed by atoms with van der Waals surface area (Å²) in [7, 11) is 2.50. The Morgan fingerprint density at radius 2 is 1.18 bits per heavy atom. The lowest BCUT2D eigenvalue weighted by atomic mass is 9.97. The fraction of sp³-hybridized carbons (Fsp3) is 0.561. The highest BCUT2D eigenvalue weighted by atomic mass is 16.7. The minimum absolute atomic E-state index is 0.0402.